The zero-order chi connectivity index (χ0) is 13.1. The van der Waals surface area contributed by atoms with E-state index in [1.807, 2.05) is 32.0 Å². The number of phenols is 1. The Hall–Kier alpha value is -1.99. The molecule has 0 spiro atoms. The minimum Gasteiger partial charge on any atom is -0.507 e. The maximum Gasteiger partial charge on any atom is 0.129 e. The van der Waals surface area contributed by atoms with Crippen LogP contribution in [0.5, 0.6) is 5.75 Å². The van der Waals surface area contributed by atoms with Crippen molar-refractivity contribution in [1.82, 2.24) is 4.98 Å². The number of para-hydroxylation sites is 1. The molecular weight excluding hydrogens is 244 g/mol. The molecule has 1 heterocycles. The Morgan fingerprint density at radius 1 is 1.22 bits per heavy atom. The molecule has 0 atom stereocenters. The first kappa shape index (κ1) is 12.5. The number of aromatic nitrogens is 1. The van der Waals surface area contributed by atoms with Crippen molar-refractivity contribution in [3.05, 3.63) is 47.3 Å². The van der Waals surface area contributed by atoms with Crippen molar-refractivity contribution in [1.29, 1.82) is 5.26 Å². The average Bonchev–Trinajstić information content (AvgIpc) is 2.31. The van der Waals surface area contributed by atoms with E-state index in [1.54, 1.807) is 12.1 Å². The minimum absolute atomic E-state index is 0.221. The molecule has 0 aliphatic carbocycles. The molecule has 0 unspecified atom stereocenters. The smallest absolute Gasteiger partial charge is 0.129 e. The van der Waals surface area contributed by atoms with Gasteiger partial charge in [0.05, 0.1) is 16.2 Å². The molecule has 0 aliphatic heterocycles. The largest absolute Gasteiger partial charge is 0.507 e. The summed E-state index contributed by atoms with van der Waals surface area (Å²) < 4.78 is 0. The SMILES string of the molecule is Cc1cc(Sc2ccccc2O)c(C#N)c(C)n1. The number of pyridine rings is 1. The quantitative estimate of drug-likeness (QED) is 0.894. The molecule has 2 aromatic rings. The first-order valence-electron chi connectivity index (χ1n) is 5.46. The molecular formula is C14H12N2OS. The van der Waals surface area contributed by atoms with E-state index in [4.69, 9.17) is 0 Å². The van der Waals surface area contributed by atoms with Crippen molar-refractivity contribution in [3.8, 4) is 11.8 Å². The van der Waals surface area contributed by atoms with Gasteiger partial charge in [-0.15, -0.1) is 0 Å². The van der Waals surface area contributed by atoms with E-state index in [-0.39, 0.29) is 5.75 Å². The first-order valence-corrected chi connectivity index (χ1v) is 6.27. The summed E-state index contributed by atoms with van der Waals surface area (Å²) in [5.74, 6) is 0.221. The van der Waals surface area contributed by atoms with Crippen molar-refractivity contribution >= 4 is 11.8 Å². The Morgan fingerprint density at radius 3 is 2.61 bits per heavy atom. The lowest BCUT2D eigenvalue weighted by molar-refractivity contribution is 0.462. The van der Waals surface area contributed by atoms with Crippen LogP contribution in [0.2, 0.25) is 0 Å². The third-order valence-electron chi connectivity index (χ3n) is 2.49. The number of hydrogen-bond donors (Lipinski definition) is 1. The Kier molecular flexibility index (Phi) is 3.54. The van der Waals surface area contributed by atoms with Crippen molar-refractivity contribution < 1.29 is 5.11 Å². The van der Waals surface area contributed by atoms with E-state index in [9.17, 15) is 10.4 Å². The fourth-order valence-corrected chi connectivity index (χ4v) is 2.75. The molecule has 1 N–H and O–H groups in total. The van der Waals surface area contributed by atoms with Crippen LogP contribution in [0.15, 0.2) is 40.1 Å². The van der Waals surface area contributed by atoms with E-state index >= 15 is 0 Å². The van der Waals surface area contributed by atoms with Crippen LogP contribution >= 0.6 is 11.8 Å². The molecule has 0 amide bonds. The van der Waals surface area contributed by atoms with Gasteiger partial charge in [-0.3, -0.25) is 4.98 Å². The topological polar surface area (TPSA) is 56.9 Å². The van der Waals surface area contributed by atoms with Crippen LogP contribution in [-0.4, -0.2) is 10.1 Å². The lowest BCUT2D eigenvalue weighted by Crippen LogP contribution is -1.94. The fraction of sp³-hybridized carbons (Fsp3) is 0.143. The highest BCUT2D eigenvalue weighted by atomic mass is 32.2. The van der Waals surface area contributed by atoms with Gasteiger partial charge in [0.1, 0.15) is 11.8 Å². The van der Waals surface area contributed by atoms with Crippen LogP contribution in [0, 0.1) is 25.2 Å². The Balaban J connectivity index is 2.47. The Morgan fingerprint density at radius 2 is 1.94 bits per heavy atom. The number of rotatable bonds is 2. The zero-order valence-corrected chi connectivity index (χ0v) is 11.0. The molecule has 1 aromatic heterocycles. The first-order chi connectivity index (χ1) is 8.61. The van der Waals surface area contributed by atoms with Gasteiger partial charge < -0.3 is 5.11 Å². The van der Waals surface area contributed by atoms with Crippen LogP contribution in [0.25, 0.3) is 0 Å². The zero-order valence-electron chi connectivity index (χ0n) is 10.1. The molecule has 0 fully saturated rings. The summed E-state index contributed by atoms with van der Waals surface area (Å²) in [6.07, 6.45) is 0. The highest BCUT2D eigenvalue weighted by Gasteiger charge is 2.11. The Bertz CT molecular complexity index is 632. The number of nitrogens with zero attached hydrogens (tertiary/aromatic N) is 2. The van der Waals surface area contributed by atoms with E-state index in [2.05, 4.69) is 11.1 Å². The predicted octanol–water partition coefficient (Wildman–Crippen LogP) is 3.43. The summed E-state index contributed by atoms with van der Waals surface area (Å²) in [5.41, 5.74) is 2.15. The molecule has 0 saturated carbocycles. The highest BCUT2D eigenvalue weighted by molar-refractivity contribution is 7.99. The summed E-state index contributed by atoms with van der Waals surface area (Å²) in [7, 11) is 0. The summed E-state index contributed by atoms with van der Waals surface area (Å²) in [5, 5.41) is 18.9. The molecule has 3 nitrogen and oxygen atoms in total. The van der Waals surface area contributed by atoms with Gasteiger partial charge >= 0.3 is 0 Å². The number of benzene rings is 1. The monoisotopic (exact) mass is 256 g/mol. The molecule has 2 rings (SSSR count). The van der Waals surface area contributed by atoms with E-state index in [0.29, 0.717) is 5.56 Å². The molecule has 1 aromatic carbocycles. The molecule has 0 bridgehead atoms. The molecule has 4 heteroatoms. The maximum atomic E-state index is 9.75. The van der Waals surface area contributed by atoms with Crippen LogP contribution in [0.3, 0.4) is 0 Å². The highest BCUT2D eigenvalue weighted by Crippen LogP contribution is 2.36. The van der Waals surface area contributed by atoms with Gasteiger partial charge in [0.25, 0.3) is 0 Å². The number of hydrogen-bond acceptors (Lipinski definition) is 4. The maximum absolute atomic E-state index is 9.75. The van der Waals surface area contributed by atoms with Gasteiger partial charge in [-0.25, -0.2) is 0 Å². The molecule has 0 saturated heterocycles. The van der Waals surface area contributed by atoms with E-state index < -0.39 is 0 Å². The lowest BCUT2D eigenvalue weighted by Gasteiger charge is -2.08. The Labute approximate surface area is 110 Å². The third kappa shape index (κ3) is 2.47. The molecule has 90 valence electrons. The summed E-state index contributed by atoms with van der Waals surface area (Å²) in [6.45, 7) is 3.71. The van der Waals surface area contributed by atoms with Gasteiger partial charge in [0.2, 0.25) is 0 Å². The van der Waals surface area contributed by atoms with E-state index in [0.717, 1.165) is 21.2 Å². The van der Waals surface area contributed by atoms with Gasteiger partial charge in [-0.2, -0.15) is 5.26 Å². The van der Waals surface area contributed by atoms with Crippen LogP contribution in [-0.2, 0) is 0 Å². The van der Waals surface area contributed by atoms with Crippen LogP contribution in [0.4, 0.5) is 0 Å². The summed E-state index contributed by atoms with van der Waals surface area (Å²) >= 11 is 1.38. The standard InChI is InChI=1S/C14H12N2OS/c1-9-7-14(11(8-15)10(2)16-9)18-13-6-4-3-5-12(13)17/h3-7,17H,1-2H3. The second-order valence-electron chi connectivity index (χ2n) is 3.90. The summed E-state index contributed by atoms with van der Waals surface area (Å²) in [4.78, 5) is 5.83. The molecule has 0 radical (unpaired) electrons. The molecule has 0 aliphatic rings. The van der Waals surface area contributed by atoms with Crippen molar-refractivity contribution in [2.75, 3.05) is 0 Å². The minimum atomic E-state index is 0.221. The lowest BCUT2D eigenvalue weighted by atomic mass is 10.2. The van der Waals surface area contributed by atoms with Crippen molar-refractivity contribution in [2.45, 2.75) is 23.6 Å². The van der Waals surface area contributed by atoms with Crippen molar-refractivity contribution in [3.63, 3.8) is 0 Å². The predicted molar refractivity (Wildman–Crippen MR) is 70.7 cm³/mol. The normalized spacial score (nSPS) is 10.1. The fourth-order valence-electron chi connectivity index (χ4n) is 1.67. The van der Waals surface area contributed by atoms with Gasteiger partial charge in [-0.05, 0) is 32.0 Å². The second kappa shape index (κ2) is 5.11. The summed E-state index contributed by atoms with van der Waals surface area (Å²) in [6, 6.07) is 11.1. The van der Waals surface area contributed by atoms with Gasteiger partial charge in [0.15, 0.2) is 0 Å². The second-order valence-corrected chi connectivity index (χ2v) is 4.99. The number of aromatic hydroxyl groups is 1. The number of aryl methyl sites for hydroxylation is 2. The molecule has 18 heavy (non-hydrogen) atoms. The third-order valence-corrected chi connectivity index (χ3v) is 3.60. The van der Waals surface area contributed by atoms with E-state index in [1.165, 1.54) is 11.8 Å². The van der Waals surface area contributed by atoms with Crippen LogP contribution < -0.4 is 0 Å². The number of nitriles is 1. The van der Waals surface area contributed by atoms with Crippen LogP contribution in [0.1, 0.15) is 17.0 Å². The average molecular weight is 256 g/mol. The van der Waals surface area contributed by atoms with Gasteiger partial charge in [-0.1, -0.05) is 23.9 Å². The van der Waals surface area contributed by atoms with Gasteiger partial charge in [0, 0.05) is 10.6 Å². The van der Waals surface area contributed by atoms with Crippen molar-refractivity contribution in [2.24, 2.45) is 0 Å². The number of phenolic OH excluding ortho intramolecular Hbond substituents is 1.